The zero-order valence-electron chi connectivity index (χ0n) is 17.6. The second-order valence-corrected chi connectivity index (χ2v) is 7.80. The van der Waals surface area contributed by atoms with Crippen molar-refractivity contribution in [1.82, 2.24) is 19.8 Å². The number of aromatic nitrogens is 2. The minimum absolute atomic E-state index is 0.110. The molecule has 0 spiro atoms. The number of rotatable bonds is 6. The van der Waals surface area contributed by atoms with Gasteiger partial charge in [-0.05, 0) is 61.6 Å². The Morgan fingerprint density at radius 3 is 2.70 bits per heavy atom. The fourth-order valence-electron chi connectivity index (χ4n) is 3.95. The van der Waals surface area contributed by atoms with Crippen LogP contribution in [0.3, 0.4) is 0 Å². The first kappa shape index (κ1) is 22.8. The van der Waals surface area contributed by atoms with E-state index in [1.165, 1.54) is 6.07 Å². The standard InChI is InChI=1S/C23H21F3N4O2S/c1-2-32-19(31)14-30-21(20(28-22(30)33)17-9-3-4-11-27-17)18-10-6-12-29(18)16-8-5-7-15(13-16)23(24,25)26/h3-13,20-21H,2,14H2,1H3,(H,28,33)/t20-,21+/m1/s1. The number of carbonyl (C=O) groups is 1. The molecule has 172 valence electrons. The number of pyridine rings is 1. The van der Waals surface area contributed by atoms with E-state index in [9.17, 15) is 18.0 Å². The molecule has 0 aliphatic carbocycles. The molecule has 1 fully saturated rings. The lowest BCUT2D eigenvalue weighted by molar-refractivity contribution is -0.143. The van der Waals surface area contributed by atoms with E-state index < -0.39 is 29.8 Å². The highest BCUT2D eigenvalue weighted by atomic mass is 32.1. The van der Waals surface area contributed by atoms with Crippen LogP contribution in [0.2, 0.25) is 0 Å². The number of thiocarbonyl (C=S) groups is 1. The van der Waals surface area contributed by atoms with Crippen LogP contribution in [-0.2, 0) is 15.7 Å². The summed E-state index contributed by atoms with van der Waals surface area (Å²) in [5, 5.41) is 3.55. The molecule has 2 atom stereocenters. The molecule has 3 heterocycles. The predicted molar refractivity (Wildman–Crippen MR) is 120 cm³/mol. The molecule has 1 N–H and O–H groups in total. The van der Waals surface area contributed by atoms with Crippen LogP contribution in [0.15, 0.2) is 67.0 Å². The highest BCUT2D eigenvalue weighted by Crippen LogP contribution is 2.40. The Labute approximate surface area is 194 Å². The van der Waals surface area contributed by atoms with Gasteiger partial charge in [0.05, 0.1) is 29.9 Å². The third-order valence-corrected chi connectivity index (χ3v) is 5.69. The first-order valence-electron chi connectivity index (χ1n) is 10.3. The lowest BCUT2D eigenvalue weighted by Crippen LogP contribution is -2.36. The normalized spacial score (nSPS) is 18.3. The van der Waals surface area contributed by atoms with Crippen LogP contribution in [0.4, 0.5) is 13.2 Å². The van der Waals surface area contributed by atoms with Crippen molar-refractivity contribution in [2.45, 2.75) is 25.2 Å². The van der Waals surface area contributed by atoms with Crippen LogP contribution < -0.4 is 5.32 Å². The number of hydrogen-bond acceptors (Lipinski definition) is 4. The molecule has 1 aliphatic rings. The molecule has 1 saturated heterocycles. The fraction of sp³-hybridized carbons (Fsp3) is 0.261. The molecule has 0 saturated carbocycles. The van der Waals surface area contributed by atoms with E-state index in [4.69, 9.17) is 17.0 Å². The number of esters is 1. The van der Waals surface area contributed by atoms with Gasteiger partial charge in [0.15, 0.2) is 5.11 Å². The van der Waals surface area contributed by atoms with Crippen molar-refractivity contribution in [2.24, 2.45) is 0 Å². The molecule has 0 bridgehead atoms. The third kappa shape index (κ3) is 4.70. The van der Waals surface area contributed by atoms with E-state index in [2.05, 4.69) is 10.3 Å². The highest BCUT2D eigenvalue weighted by molar-refractivity contribution is 7.80. The molecular weight excluding hydrogens is 453 g/mol. The second kappa shape index (κ2) is 9.22. The maximum atomic E-state index is 13.3. The summed E-state index contributed by atoms with van der Waals surface area (Å²) in [5.41, 5.74) is 0.942. The van der Waals surface area contributed by atoms with E-state index >= 15 is 0 Å². The largest absolute Gasteiger partial charge is 0.465 e. The molecule has 0 unspecified atom stereocenters. The quantitative estimate of drug-likeness (QED) is 0.422. The summed E-state index contributed by atoms with van der Waals surface area (Å²) in [6.45, 7) is 1.83. The summed E-state index contributed by atoms with van der Waals surface area (Å²) in [6.07, 6.45) is -1.13. The first-order chi connectivity index (χ1) is 15.8. The van der Waals surface area contributed by atoms with E-state index in [0.717, 1.165) is 12.1 Å². The molecule has 6 nitrogen and oxygen atoms in total. The number of nitrogens with zero attached hydrogens (tertiary/aromatic N) is 3. The summed E-state index contributed by atoms with van der Waals surface area (Å²) in [7, 11) is 0. The first-order valence-corrected chi connectivity index (χ1v) is 10.7. The lowest BCUT2D eigenvalue weighted by atomic mass is 10.0. The Morgan fingerprint density at radius 2 is 2.00 bits per heavy atom. The summed E-state index contributed by atoms with van der Waals surface area (Å²) >= 11 is 5.52. The van der Waals surface area contributed by atoms with Crippen LogP contribution in [0.1, 0.15) is 36.0 Å². The summed E-state index contributed by atoms with van der Waals surface area (Å²) in [6, 6.07) is 13.2. The highest BCUT2D eigenvalue weighted by Gasteiger charge is 2.42. The number of carbonyl (C=O) groups excluding carboxylic acids is 1. The van der Waals surface area contributed by atoms with Crippen molar-refractivity contribution in [2.75, 3.05) is 13.2 Å². The van der Waals surface area contributed by atoms with Gasteiger partial charge in [0.2, 0.25) is 0 Å². The Bertz CT molecular complexity index is 1150. The number of hydrogen-bond donors (Lipinski definition) is 1. The lowest BCUT2D eigenvalue weighted by Gasteiger charge is -2.28. The van der Waals surface area contributed by atoms with Gasteiger partial charge in [0.25, 0.3) is 0 Å². The van der Waals surface area contributed by atoms with Gasteiger partial charge < -0.3 is 19.5 Å². The van der Waals surface area contributed by atoms with Crippen LogP contribution in [0.25, 0.3) is 5.69 Å². The molecule has 1 aromatic carbocycles. The molecule has 2 aromatic heterocycles. The molecule has 1 aliphatic heterocycles. The van der Waals surface area contributed by atoms with Crippen LogP contribution in [-0.4, -0.2) is 38.7 Å². The van der Waals surface area contributed by atoms with Gasteiger partial charge in [-0.2, -0.15) is 13.2 Å². The Balaban J connectivity index is 1.79. The topological polar surface area (TPSA) is 59.4 Å². The molecule has 10 heteroatoms. The maximum Gasteiger partial charge on any atom is 0.416 e. The number of ether oxygens (including phenoxy) is 1. The molecule has 0 amide bonds. The van der Waals surface area contributed by atoms with Gasteiger partial charge >= 0.3 is 12.1 Å². The van der Waals surface area contributed by atoms with Gasteiger partial charge in [-0.15, -0.1) is 0 Å². The van der Waals surface area contributed by atoms with Crippen LogP contribution in [0.5, 0.6) is 0 Å². The van der Waals surface area contributed by atoms with Gasteiger partial charge in [0.1, 0.15) is 6.54 Å². The number of benzene rings is 1. The number of alkyl halides is 3. The Kier molecular flexibility index (Phi) is 6.37. The van der Waals surface area contributed by atoms with Crippen molar-refractivity contribution in [3.8, 4) is 5.69 Å². The van der Waals surface area contributed by atoms with Crippen LogP contribution >= 0.6 is 12.2 Å². The number of nitrogens with one attached hydrogen (secondary N) is 1. The average Bonchev–Trinajstić information content (AvgIpc) is 3.39. The zero-order chi connectivity index (χ0) is 23.6. The molecule has 4 rings (SSSR count). The van der Waals surface area contributed by atoms with Crippen molar-refractivity contribution in [3.63, 3.8) is 0 Å². The van der Waals surface area contributed by atoms with Crippen molar-refractivity contribution in [3.05, 3.63) is 83.9 Å². The van der Waals surface area contributed by atoms with Crippen molar-refractivity contribution >= 4 is 23.3 Å². The van der Waals surface area contributed by atoms with Crippen molar-refractivity contribution in [1.29, 1.82) is 0 Å². The van der Waals surface area contributed by atoms with E-state index in [1.54, 1.807) is 53.0 Å². The second-order valence-electron chi connectivity index (χ2n) is 7.41. The maximum absolute atomic E-state index is 13.3. The summed E-state index contributed by atoms with van der Waals surface area (Å²) < 4.78 is 46.7. The molecule has 0 radical (unpaired) electrons. The van der Waals surface area contributed by atoms with Crippen molar-refractivity contribution < 1.29 is 22.7 Å². The molecule has 3 aromatic rings. The molecule has 33 heavy (non-hydrogen) atoms. The van der Waals surface area contributed by atoms with E-state index in [1.807, 2.05) is 12.1 Å². The van der Waals surface area contributed by atoms with Gasteiger partial charge in [-0.3, -0.25) is 9.78 Å². The van der Waals surface area contributed by atoms with Gasteiger partial charge in [-0.1, -0.05) is 12.1 Å². The molecular formula is C23H21F3N4O2S. The third-order valence-electron chi connectivity index (χ3n) is 5.34. The van der Waals surface area contributed by atoms with E-state index in [0.29, 0.717) is 22.2 Å². The predicted octanol–water partition coefficient (Wildman–Crippen LogP) is 4.43. The Morgan fingerprint density at radius 1 is 1.18 bits per heavy atom. The summed E-state index contributed by atoms with van der Waals surface area (Å²) in [5.74, 6) is -0.453. The zero-order valence-corrected chi connectivity index (χ0v) is 18.4. The van der Waals surface area contributed by atoms with E-state index in [-0.39, 0.29) is 13.2 Å². The Hall–Kier alpha value is -3.40. The van der Waals surface area contributed by atoms with Crippen LogP contribution in [0, 0.1) is 0 Å². The van der Waals surface area contributed by atoms with Gasteiger partial charge in [0, 0.05) is 23.8 Å². The monoisotopic (exact) mass is 474 g/mol. The number of halogens is 3. The SMILES string of the molecule is CCOC(=O)CN1C(=S)N[C@H](c2ccccn2)[C@@H]1c1cccn1-c1cccc(C(F)(F)F)c1. The van der Waals surface area contributed by atoms with Gasteiger partial charge in [-0.25, -0.2) is 0 Å². The summed E-state index contributed by atoms with van der Waals surface area (Å²) in [4.78, 5) is 18.4. The minimum Gasteiger partial charge on any atom is -0.465 e. The minimum atomic E-state index is -4.47. The smallest absolute Gasteiger partial charge is 0.416 e. The fourth-order valence-corrected chi connectivity index (χ4v) is 4.25. The average molecular weight is 475 g/mol.